The first-order valence-electron chi connectivity index (χ1n) is 8.09. The van der Waals surface area contributed by atoms with E-state index >= 15 is 0 Å². The van der Waals surface area contributed by atoms with Crippen LogP contribution in [0.3, 0.4) is 0 Å². The molecule has 0 saturated carbocycles. The van der Waals surface area contributed by atoms with Crippen LogP contribution >= 0.6 is 0 Å². The Morgan fingerprint density at radius 2 is 2.04 bits per heavy atom. The summed E-state index contributed by atoms with van der Waals surface area (Å²) in [5.74, 6) is 0.0533. The number of benzene rings is 1. The van der Waals surface area contributed by atoms with E-state index in [2.05, 4.69) is 46.5 Å². The van der Waals surface area contributed by atoms with Gasteiger partial charge >= 0.3 is 0 Å². The van der Waals surface area contributed by atoms with Crippen molar-refractivity contribution < 1.29 is 4.79 Å². The molecule has 2 aromatic rings. The summed E-state index contributed by atoms with van der Waals surface area (Å²) in [4.78, 5) is 14.2. The molecule has 1 unspecified atom stereocenters. The Kier molecular flexibility index (Phi) is 6.35. The number of aryl methyl sites for hydroxylation is 2. The van der Waals surface area contributed by atoms with E-state index < -0.39 is 0 Å². The van der Waals surface area contributed by atoms with Crippen molar-refractivity contribution >= 4 is 5.91 Å². The summed E-state index contributed by atoms with van der Waals surface area (Å²) < 4.78 is 1.77. The molecular formula is C18H26N4O. The standard InChI is InChI=1S/C18H26N4O/c1-4-15-6-8-16(9-7-15)17(21(2)3)14-19-18(23)10-13-22-12-5-11-20-22/h5-9,11-12,17H,4,10,13-14H2,1-3H3,(H,19,23). The Hall–Kier alpha value is -2.14. The second-order valence-electron chi connectivity index (χ2n) is 5.90. The maximum atomic E-state index is 12.0. The van der Waals surface area contributed by atoms with Crippen LogP contribution in [0.2, 0.25) is 0 Å². The molecule has 23 heavy (non-hydrogen) atoms. The number of aromatic nitrogens is 2. The molecule has 1 amide bonds. The van der Waals surface area contributed by atoms with Gasteiger partial charge in [-0.1, -0.05) is 31.2 Å². The topological polar surface area (TPSA) is 50.2 Å². The Morgan fingerprint density at radius 3 is 2.61 bits per heavy atom. The van der Waals surface area contributed by atoms with Gasteiger partial charge in [0.25, 0.3) is 0 Å². The summed E-state index contributed by atoms with van der Waals surface area (Å²) in [5.41, 5.74) is 2.55. The van der Waals surface area contributed by atoms with Gasteiger partial charge in [0.05, 0.1) is 6.04 Å². The van der Waals surface area contributed by atoms with E-state index in [4.69, 9.17) is 0 Å². The molecule has 124 valence electrons. The number of carbonyl (C=O) groups excluding carboxylic acids is 1. The summed E-state index contributed by atoms with van der Waals surface area (Å²) in [7, 11) is 4.07. The highest BCUT2D eigenvalue weighted by Crippen LogP contribution is 2.18. The van der Waals surface area contributed by atoms with E-state index in [-0.39, 0.29) is 11.9 Å². The number of amides is 1. The third-order valence-electron chi connectivity index (χ3n) is 4.02. The van der Waals surface area contributed by atoms with E-state index in [1.54, 1.807) is 10.9 Å². The lowest BCUT2D eigenvalue weighted by atomic mass is 10.0. The molecule has 1 heterocycles. The zero-order chi connectivity index (χ0) is 16.7. The molecule has 1 N–H and O–H groups in total. The van der Waals surface area contributed by atoms with Gasteiger partial charge in [0, 0.05) is 31.9 Å². The van der Waals surface area contributed by atoms with Crippen LogP contribution in [0.5, 0.6) is 0 Å². The summed E-state index contributed by atoms with van der Waals surface area (Å²) in [6, 6.07) is 10.7. The number of nitrogens with zero attached hydrogens (tertiary/aromatic N) is 3. The van der Waals surface area contributed by atoms with Crippen LogP contribution in [0, 0.1) is 0 Å². The summed E-state index contributed by atoms with van der Waals surface area (Å²) >= 11 is 0. The van der Waals surface area contributed by atoms with Gasteiger partial charge in [-0.3, -0.25) is 9.48 Å². The molecule has 0 aliphatic carbocycles. The number of carbonyl (C=O) groups is 1. The van der Waals surface area contributed by atoms with Crippen molar-refractivity contribution in [2.45, 2.75) is 32.4 Å². The molecule has 5 heteroatoms. The van der Waals surface area contributed by atoms with Crippen LogP contribution in [0.4, 0.5) is 0 Å². The van der Waals surface area contributed by atoms with Gasteiger partial charge in [-0.2, -0.15) is 5.10 Å². The highest BCUT2D eigenvalue weighted by molar-refractivity contribution is 5.75. The van der Waals surface area contributed by atoms with Crippen molar-refractivity contribution in [2.24, 2.45) is 0 Å². The molecule has 0 spiro atoms. The summed E-state index contributed by atoms with van der Waals surface area (Å²) in [6.07, 6.45) is 5.07. The van der Waals surface area contributed by atoms with E-state index in [9.17, 15) is 4.79 Å². The van der Waals surface area contributed by atoms with Crippen LogP contribution < -0.4 is 5.32 Å². The van der Waals surface area contributed by atoms with E-state index in [1.807, 2.05) is 26.4 Å². The molecule has 5 nitrogen and oxygen atoms in total. The molecule has 0 aliphatic rings. The van der Waals surface area contributed by atoms with Crippen LogP contribution in [0.1, 0.15) is 30.5 Å². The molecule has 0 saturated heterocycles. The van der Waals surface area contributed by atoms with Crippen molar-refractivity contribution in [3.8, 4) is 0 Å². The zero-order valence-corrected chi connectivity index (χ0v) is 14.2. The first-order valence-corrected chi connectivity index (χ1v) is 8.09. The lowest BCUT2D eigenvalue weighted by Crippen LogP contribution is -2.34. The molecule has 1 atom stereocenters. The van der Waals surface area contributed by atoms with Gasteiger partial charge < -0.3 is 10.2 Å². The molecule has 0 fully saturated rings. The largest absolute Gasteiger partial charge is 0.354 e. The van der Waals surface area contributed by atoms with Crippen LogP contribution in [0.25, 0.3) is 0 Å². The lowest BCUT2D eigenvalue weighted by Gasteiger charge is -2.25. The smallest absolute Gasteiger partial charge is 0.221 e. The fourth-order valence-corrected chi connectivity index (χ4v) is 2.52. The SMILES string of the molecule is CCc1ccc(C(CNC(=O)CCn2cccn2)N(C)C)cc1. The van der Waals surface area contributed by atoms with E-state index in [1.165, 1.54) is 11.1 Å². The summed E-state index contributed by atoms with van der Waals surface area (Å²) in [5, 5.41) is 7.14. The van der Waals surface area contributed by atoms with Gasteiger partial charge in [-0.25, -0.2) is 0 Å². The monoisotopic (exact) mass is 314 g/mol. The Bertz CT molecular complexity index is 590. The predicted molar refractivity (Wildman–Crippen MR) is 92.1 cm³/mol. The van der Waals surface area contributed by atoms with Crippen LogP contribution in [-0.4, -0.2) is 41.2 Å². The zero-order valence-electron chi connectivity index (χ0n) is 14.2. The number of hydrogen-bond donors (Lipinski definition) is 1. The van der Waals surface area contributed by atoms with Crippen LogP contribution in [-0.2, 0) is 17.8 Å². The fourth-order valence-electron chi connectivity index (χ4n) is 2.52. The normalized spacial score (nSPS) is 12.3. The quantitative estimate of drug-likeness (QED) is 0.813. The second kappa shape index (κ2) is 8.48. The third kappa shape index (κ3) is 5.21. The molecule has 0 radical (unpaired) electrons. The number of hydrogen-bond acceptors (Lipinski definition) is 3. The number of rotatable bonds is 8. The van der Waals surface area contributed by atoms with E-state index in [0.29, 0.717) is 19.5 Å². The van der Waals surface area contributed by atoms with Crippen molar-refractivity contribution in [1.82, 2.24) is 20.0 Å². The minimum Gasteiger partial charge on any atom is -0.354 e. The predicted octanol–water partition coefficient (Wildman–Crippen LogP) is 2.25. The van der Waals surface area contributed by atoms with Gasteiger partial charge in [-0.15, -0.1) is 0 Å². The van der Waals surface area contributed by atoms with Crippen molar-refractivity contribution in [3.05, 3.63) is 53.9 Å². The highest BCUT2D eigenvalue weighted by atomic mass is 16.1. The molecule has 1 aromatic carbocycles. The molecule has 1 aromatic heterocycles. The number of nitrogens with one attached hydrogen (secondary N) is 1. The number of likely N-dealkylation sites (N-methyl/N-ethyl adjacent to an activating group) is 1. The first kappa shape index (κ1) is 17.2. The summed E-state index contributed by atoms with van der Waals surface area (Å²) in [6.45, 7) is 3.37. The molecule has 0 aliphatic heterocycles. The highest BCUT2D eigenvalue weighted by Gasteiger charge is 2.15. The maximum Gasteiger partial charge on any atom is 0.221 e. The van der Waals surface area contributed by atoms with Crippen molar-refractivity contribution in [1.29, 1.82) is 0 Å². The Labute approximate surface area is 138 Å². The first-order chi connectivity index (χ1) is 11.1. The average Bonchev–Trinajstić information content (AvgIpc) is 3.07. The second-order valence-corrected chi connectivity index (χ2v) is 5.90. The molecule has 2 rings (SSSR count). The maximum absolute atomic E-state index is 12.0. The third-order valence-corrected chi connectivity index (χ3v) is 4.02. The minimum absolute atomic E-state index is 0.0533. The van der Waals surface area contributed by atoms with Gasteiger partial charge in [0.15, 0.2) is 0 Å². The molecular weight excluding hydrogens is 288 g/mol. The Balaban J connectivity index is 1.87. The van der Waals surface area contributed by atoms with E-state index in [0.717, 1.165) is 6.42 Å². The van der Waals surface area contributed by atoms with Gasteiger partial charge in [0.2, 0.25) is 5.91 Å². The fraction of sp³-hybridized carbons (Fsp3) is 0.444. The average molecular weight is 314 g/mol. The van der Waals surface area contributed by atoms with Crippen LogP contribution in [0.15, 0.2) is 42.7 Å². The van der Waals surface area contributed by atoms with Gasteiger partial charge in [0.1, 0.15) is 0 Å². The lowest BCUT2D eigenvalue weighted by molar-refractivity contribution is -0.121. The molecule has 0 bridgehead atoms. The van der Waals surface area contributed by atoms with Crippen molar-refractivity contribution in [2.75, 3.05) is 20.6 Å². The van der Waals surface area contributed by atoms with Gasteiger partial charge in [-0.05, 0) is 37.7 Å². The van der Waals surface area contributed by atoms with Crippen molar-refractivity contribution in [3.63, 3.8) is 0 Å². The minimum atomic E-state index is 0.0533. The Morgan fingerprint density at radius 1 is 1.30 bits per heavy atom.